The molecule has 6 heteroatoms. The number of hydrogen-bond acceptors (Lipinski definition) is 4. The molecule has 3 aromatic rings. The van der Waals surface area contributed by atoms with Crippen LogP contribution in [0.4, 0.5) is 11.4 Å². The average Bonchev–Trinajstić information content (AvgIpc) is 3.04. The molecule has 0 atom stereocenters. The first-order chi connectivity index (χ1) is 12.2. The molecule has 26 heavy (non-hydrogen) atoms. The van der Waals surface area contributed by atoms with Crippen LogP contribution in [0, 0.1) is 6.92 Å². The molecule has 138 valence electrons. The van der Waals surface area contributed by atoms with E-state index in [2.05, 4.69) is 40.5 Å². The Kier molecular flexibility index (Phi) is 4.99. The fraction of sp³-hybridized carbons (Fsp3) is 0.300. The summed E-state index contributed by atoms with van der Waals surface area (Å²) in [5.74, 6) is 0. The van der Waals surface area contributed by atoms with E-state index < -0.39 is 14.8 Å². The van der Waals surface area contributed by atoms with Gasteiger partial charge >= 0.3 is 0 Å². The third kappa shape index (κ3) is 3.86. The summed E-state index contributed by atoms with van der Waals surface area (Å²) >= 11 is 1.75. The Balaban J connectivity index is 1.68. The normalized spacial score (nSPS) is 12.3. The van der Waals surface area contributed by atoms with Gasteiger partial charge in [-0.05, 0) is 73.9 Å². The smallest absolute Gasteiger partial charge is 0.237 e. The van der Waals surface area contributed by atoms with Gasteiger partial charge in [-0.2, -0.15) is 0 Å². The minimum atomic E-state index is -3.40. The van der Waals surface area contributed by atoms with Crippen molar-refractivity contribution in [1.82, 2.24) is 0 Å². The lowest BCUT2D eigenvalue weighted by Gasteiger charge is -2.20. The number of benzene rings is 2. The lowest BCUT2D eigenvalue weighted by molar-refractivity contribution is 0.566. The van der Waals surface area contributed by atoms with Crippen molar-refractivity contribution in [2.75, 3.05) is 10.0 Å². The van der Waals surface area contributed by atoms with Crippen molar-refractivity contribution >= 4 is 42.8 Å². The van der Waals surface area contributed by atoms with E-state index in [0.717, 1.165) is 11.3 Å². The summed E-state index contributed by atoms with van der Waals surface area (Å²) in [5, 5.41) is 6.85. The lowest BCUT2D eigenvalue weighted by atomic mass is 10.1. The number of nitrogens with one attached hydrogen (secondary N) is 2. The van der Waals surface area contributed by atoms with Crippen LogP contribution in [-0.2, 0) is 16.6 Å². The van der Waals surface area contributed by atoms with Crippen molar-refractivity contribution in [3.05, 3.63) is 59.0 Å². The molecule has 0 saturated carbocycles. The standard InChI is InChI=1S/C20H24N2O2S2/c1-14-18(10-7-16-11-12-25-19(14)16)21-13-15-5-8-17(9-6-15)22-26(23,24)20(2,3)4/h5-12,21-22H,13H2,1-4H3. The topological polar surface area (TPSA) is 58.2 Å². The van der Waals surface area contributed by atoms with E-state index in [4.69, 9.17) is 0 Å². The molecule has 0 aliphatic carbocycles. The van der Waals surface area contributed by atoms with E-state index in [0.29, 0.717) is 12.2 Å². The second-order valence-corrected chi connectivity index (χ2v) is 10.7. The zero-order valence-corrected chi connectivity index (χ0v) is 17.1. The summed E-state index contributed by atoms with van der Waals surface area (Å²) in [6.45, 7) is 7.86. The molecule has 0 saturated heterocycles. The van der Waals surface area contributed by atoms with E-state index in [1.807, 2.05) is 12.1 Å². The summed E-state index contributed by atoms with van der Waals surface area (Å²) in [6.07, 6.45) is 0. The third-order valence-corrected chi connectivity index (χ3v) is 7.53. The van der Waals surface area contributed by atoms with Gasteiger partial charge in [-0.15, -0.1) is 11.3 Å². The van der Waals surface area contributed by atoms with Crippen LogP contribution in [-0.4, -0.2) is 13.2 Å². The third-order valence-electron chi connectivity index (χ3n) is 4.37. The fourth-order valence-corrected chi connectivity index (χ4v) is 4.23. The van der Waals surface area contributed by atoms with Gasteiger partial charge in [0.15, 0.2) is 0 Å². The molecule has 0 unspecified atom stereocenters. The number of hydrogen-bond donors (Lipinski definition) is 2. The molecule has 0 radical (unpaired) electrons. The van der Waals surface area contributed by atoms with Crippen molar-refractivity contribution in [3.8, 4) is 0 Å². The number of rotatable bonds is 5. The van der Waals surface area contributed by atoms with Crippen molar-refractivity contribution in [2.45, 2.75) is 39.0 Å². The minimum absolute atomic E-state index is 0.583. The fourth-order valence-electron chi connectivity index (χ4n) is 2.56. The maximum absolute atomic E-state index is 12.2. The maximum Gasteiger partial charge on any atom is 0.237 e. The van der Waals surface area contributed by atoms with Gasteiger partial charge in [0, 0.05) is 22.6 Å². The Morgan fingerprint density at radius 1 is 1.00 bits per heavy atom. The Bertz CT molecular complexity index is 1010. The molecule has 1 heterocycles. The van der Waals surface area contributed by atoms with Gasteiger partial charge in [-0.3, -0.25) is 4.72 Å². The first-order valence-electron chi connectivity index (χ1n) is 8.49. The van der Waals surface area contributed by atoms with Crippen LogP contribution in [0.25, 0.3) is 10.1 Å². The van der Waals surface area contributed by atoms with Gasteiger partial charge in [0.05, 0.1) is 4.75 Å². The quantitative estimate of drug-likeness (QED) is 0.618. The van der Waals surface area contributed by atoms with E-state index in [-0.39, 0.29) is 0 Å². The highest BCUT2D eigenvalue weighted by Gasteiger charge is 2.28. The summed E-state index contributed by atoms with van der Waals surface area (Å²) < 4.78 is 27.5. The van der Waals surface area contributed by atoms with Crippen molar-refractivity contribution in [2.24, 2.45) is 0 Å². The van der Waals surface area contributed by atoms with E-state index in [1.54, 1.807) is 44.2 Å². The molecule has 0 aliphatic rings. The minimum Gasteiger partial charge on any atom is -0.381 e. The van der Waals surface area contributed by atoms with Crippen LogP contribution in [0.3, 0.4) is 0 Å². The van der Waals surface area contributed by atoms with Gasteiger partial charge in [0.1, 0.15) is 0 Å². The number of fused-ring (bicyclic) bond motifs is 1. The van der Waals surface area contributed by atoms with Crippen molar-refractivity contribution in [3.63, 3.8) is 0 Å². The molecular weight excluding hydrogens is 364 g/mol. The number of anilines is 2. The molecule has 0 aliphatic heterocycles. The SMILES string of the molecule is Cc1c(NCc2ccc(NS(=O)(=O)C(C)(C)C)cc2)ccc2ccsc12. The molecule has 2 N–H and O–H groups in total. The van der Waals surface area contributed by atoms with Gasteiger partial charge < -0.3 is 5.32 Å². The Morgan fingerprint density at radius 3 is 2.35 bits per heavy atom. The highest BCUT2D eigenvalue weighted by atomic mass is 32.2. The molecule has 2 aromatic carbocycles. The molecule has 0 bridgehead atoms. The highest BCUT2D eigenvalue weighted by molar-refractivity contribution is 7.94. The molecular formula is C20H24N2O2S2. The molecule has 0 spiro atoms. The summed E-state index contributed by atoms with van der Waals surface area (Å²) in [4.78, 5) is 0. The maximum atomic E-state index is 12.2. The predicted octanol–water partition coefficient (Wildman–Crippen LogP) is 5.36. The summed E-state index contributed by atoms with van der Waals surface area (Å²) in [7, 11) is -3.40. The largest absolute Gasteiger partial charge is 0.381 e. The molecule has 3 rings (SSSR count). The number of aryl methyl sites for hydroxylation is 1. The number of sulfonamides is 1. The van der Waals surface area contributed by atoms with Crippen LogP contribution in [0.1, 0.15) is 31.9 Å². The zero-order valence-electron chi connectivity index (χ0n) is 15.5. The summed E-state index contributed by atoms with van der Waals surface area (Å²) in [6, 6.07) is 13.8. The van der Waals surface area contributed by atoms with Gasteiger partial charge in [-0.1, -0.05) is 18.2 Å². The van der Waals surface area contributed by atoms with Crippen LogP contribution >= 0.6 is 11.3 Å². The van der Waals surface area contributed by atoms with E-state index >= 15 is 0 Å². The second-order valence-electron chi connectivity index (χ2n) is 7.35. The molecule has 0 amide bonds. The first kappa shape index (κ1) is 18.7. The highest BCUT2D eigenvalue weighted by Crippen LogP contribution is 2.30. The molecule has 4 nitrogen and oxygen atoms in total. The van der Waals surface area contributed by atoms with Crippen LogP contribution in [0.2, 0.25) is 0 Å². The first-order valence-corrected chi connectivity index (χ1v) is 10.9. The Labute approximate surface area is 159 Å². The van der Waals surface area contributed by atoms with Gasteiger partial charge in [0.25, 0.3) is 0 Å². The average molecular weight is 389 g/mol. The zero-order chi connectivity index (χ0) is 18.9. The van der Waals surface area contributed by atoms with Crippen LogP contribution < -0.4 is 10.0 Å². The Morgan fingerprint density at radius 2 is 1.69 bits per heavy atom. The Hall–Kier alpha value is -2.05. The van der Waals surface area contributed by atoms with E-state index in [9.17, 15) is 8.42 Å². The van der Waals surface area contributed by atoms with Crippen LogP contribution in [0.5, 0.6) is 0 Å². The molecule has 1 aromatic heterocycles. The van der Waals surface area contributed by atoms with Gasteiger partial charge in [-0.25, -0.2) is 8.42 Å². The van der Waals surface area contributed by atoms with E-state index in [1.165, 1.54) is 15.6 Å². The van der Waals surface area contributed by atoms with Gasteiger partial charge in [0.2, 0.25) is 10.0 Å². The van der Waals surface area contributed by atoms with Crippen molar-refractivity contribution in [1.29, 1.82) is 0 Å². The predicted molar refractivity (Wildman–Crippen MR) is 113 cm³/mol. The number of thiophene rings is 1. The molecule has 0 fully saturated rings. The second kappa shape index (κ2) is 6.93. The lowest BCUT2D eigenvalue weighted by Crippen LogP contribution is -2.33. The van der Waals surface area contributed by atoms with Crippen LogP contribution in [0.15, 0.2) is 47.8 Å². The monoisotopic (exact) mass is 388 g/mol. The summed E-state index contributed by atoms with van der Waals surface area (Å²) in [5.41, 5.74) is 4.05. The van der Waals surface area contributed by atoms with Crippen molar-refractivity contribution < 1.29 is 8.42 Å².